The van der Waals surface area contributed by atoms with Crippen LogP contribution in [-0.4, -0.2) is 4.98 Å². The maximum absolute atomic E-state index is 6.12. The van der Waals surface area contributed by atoms with E-state index < -0.39 is 0 Å². The van der Waals surface area contributed by atoms with Crippen molar-refractivity contribution < 1.29 is 0 Å². The number of benzene rings is 1. The van der Waals surface area contributed by atoms with Crippen LogP contribution in [0.15, 0.2) is 36.7 Å². The van der Waals surface area contributed by atoms with Gasteiger partial charge in [0.15, 0.2) is 0 Å². The average Bonchev–Trinajstić information content (AvgIpc) is 2.37. The molecule has 2 rings (SSSR count). The van der Waals surface area contributed by atoms with Gasteiger partial charge in [0.25, 0.3) is 0 Å². The van der Waals surface area contributed by atoms with Crippen LogP contribution in [0.2, 0.25) is 10.0 Å². The highest BCUT2D eigenvalue weighted by Crippen LogP contribution is 2.25. The van der Waals surface area contributed by atoms with Crippen LogP contribution in [-0.2, 0) is 13.1 Å². The third-order valence-corrected chi connectivity index (χ3v) is 3.67. The zero-order valence-corrected chi connectivity index (χ0v) is 11.6. The van der Waals surface area contributed by atoms with Gasteiger partial charge in [0, 0.05) is 25.5 Å². The lowest BCUT2D eigenvalue weighted by atomic mass is 10.1. The predicted molar refractivity (Wildman–Crippen MR) is 76.0 cm³/mol. The Balaban J connectivity index is 1.97. The Kier molecular flexibility index (Phi) is 4.59. The van der Waals surface area contributed by atoms with Gasteiger partial charge in [-0.1, -0.05) is 35.3 Å². The van der Waals surface area contributed by atoms with Crippen molar-refractivity contribution in [3.05, 3.63) is 63.4 Å². The van der Waals surface area contributed by atoms with Crippen LogP contribution in [0.5, 0.6) is 0 Å². The van der Waals surface area contributed by atoms with E-state index in [1.165, 1.54) is 11.1 Å². The third-order valence-electron chi connectivity index (χ3n) is 2.81. The van der Waals surface area contributed by atoms with Crippen LogP contribution < -0.4 is 5.32 Å². The molecule has 18 heavy (non-hydrogen) atoms. The number of aromatic nitrogens is 1. The number of hydrogen-bond acceptors (Lipinski definition) is 2. The van der Waals surface area contributed by atoms with E-state index in [2.05, 4.69) is 17.2 Å². The molecule has 0 saturated carbocycles. The fourth-order valence-electron chi connectivity index (χ4n) is 1.70. The lowest BCUT2D eigenvalue weighted by molar-refractivity contribution is 0.688. The highest BCUT2D eigenvalue weighted by atomic mass is 35.5. The zero-order chi connectivity index (χ0) is 13.0. The molecular formula is C14H14Cl2N2. The van der Waals surface area contributed by atoms with Gasteiger partial charge >= 0.3 is 0 Å². The highest BCUT2D eigenvalue weighted by molar-refractivity contribution is 6.42. The van der Waals surface area contributed by atoms with Crippen LogP contribution in [0.4, 0.5) is 0 Å². The van der Waals surface area contributed by atoms with Crippen LogP contribution in [0.3, 0.4) is 0 Å². The van der Waals surface area contributed by atoms with Crippen molar-refractivity contribution in [2.75, 3.05) is 0 Å². The molecule has 1 aromatic carbocycles. The topological polar surface area (TPSA) is 24.9 Å². The van der Waals surface area contributed by atoms with Crippen LogP contribution in [0.1, 0.15) is 16.7 Å². The number of rotatable bonds is 4. The van der Waals surface area contributed by atoms with Gasteiger partial charge in [-0.05, 0) is 35.7 Å². The lowest BCUT2D eigenvalue weighted by Gasteiger charge is -2.09. The van der Waals surface area contributed by atoms with E-state index >= 15 is 0 Å². The van der Waals surface area contributed by atoms with Gasteiger partial charge in [-0.15, -0.1) is 0 Å². The summed E-state index contributed by atoms with van der Waals surface area (Å²) in [5, 5.41) is 4.55. The number of nitrogens with one attached hydrogen (secondary N) is 1. The first-order chi connectivity index (χ1) is 8.68. The Bertz CT molecular complexity index is 541. The minimum Gasteiger partial charge on any atom is -0.308 e. The van der Waals surface area contributed by atoms with E-state index in [0.717, 1.165) is 12.1 Å². The molecule has 0 aliphatic heterocycles. The Morgan fingerprint density at radius 2 is 1.89 bits per heavy atom. The van der Waals surface area contributed by atoms with Gasteiger partial charge in [-0.25, -0.2) is 0 Å². The first kappa shape index (κ1) is 13.3. The molecular weight excluding hydrogens is 267 g/mol. The van der Waals surface area contributed by atoms with Crippen LogP contribution in [0.25, 0.3) is 0 Å². The van der Waals surface area contributed by atoms with E-state index in [0.29, 0.717) is 16.6 Å². The minimum absolute atomic E-state index is 0.591. The minimum atomic E-state index is 0.591. The monoisotopic (exact) mass is 280 g/mol. The Hall–Kier alpha value is -1.09. The van der Waals surface area contributed by atoms with Gasteiger partial charge in [-0.2, -0.15) is 0 Å². The van der Waals surface area contributed by atoms with Gasteiger partial charge in [0.2, 0.25) is 0 Å². The fourth-order valence-corrected chi connectivity index (χ4v) is 2.09. The molecule has 2 nitrogen and oxygen atoms in total. The first-order valence-corrected chi connectivity index (χ1v) is 6.47. The molecule has 2 aromatic rings. The van der Waals surface area contributed by atoms with Crippen molar-refractivity contribution in [3.63, 3.8) is 0 Å². The summed E-state index contributed by atoms with van der Waals surface area (Å²) < 4.78 is 0. The molecule has 1 N–H and O–H groups in total. The summed E-state index contributed by atoms with van der Waals surface area (Å²) in [5.41, 5.74) is 3.43. The summed E-state index contributed by atoms with van der Waals surface area (Å²) in [7, 11) is 0. The molecule has 0 atom stereocenters. The van der Waals surface area contributed by atoms with Crippen molar-refractivity contribution >= 4 is 23.2 Å². The smallest absolute Gasteiger partial charge is 0.0637 e. The summed E-state index contributed by atoms with van der Waals surface area (Å²) in [5.74, 6) is 0. The number of hydrogen-bond donors (Lipinski definition) is 1. The molecule has 0 fully saturated rings. The molecule has 0 unspecified atom stereocenters. The van der Waals surface area contributed by atoms with Gasteiger partial charge < -0.3 is 5.32 Å². The summed E-state index contributed by atoms with van der Waals surface area (Å²) in [4.78, 5) is 4.12. The second-order valence-electron chi connectivity index (χ2n) is 4.12. The molecule has 4 heteroatoms. The molecule has 0 amide bonds. The van der Waals surface area contributed by atoms with E-state index in [4.69, 9.17) is 23.2 Å². The maximum atomic E-state index is 6.12. The van der Waals surface area contributed by atoms with Crippen molar-refractivity contribution in [3.8, 4) is 0 Å². The molecule has 0 aliphatic rings. The summed E-state index contributed by atoms with van der Waals surface area (Å²) in [6.45, 7) is 3.53. The second kappa shape index (κ2) is 6.19. The lowest BCUT2D eigenvalue weighted by Crippen LogP contribution is -2.14. The third kappa shape index (κ3) is 3.22. The van der Waals surface area contributed by atoms with E-state index in [1.807, 2.05) is 24.4 Å². The molecule has 94 valence electrons. The van der Waals surface area contributed by atoms with Crippen molar-refractivity contribution in [2.24, 2.45) is 0 Å². The molecule has 0 saturated heterocycles. The molecule has 0 aliphatic carbocycles. The molecule has 1 aromatic heterocycles. The summed E-state index contributed by atoms with van der Waals surface area (Å²) in [6.07, 6.45) is 3.68. The largest absolute Gasteiger partial charge is 0.308 e. The molecule has 0 bridgehead atoms. The van der Waals surface area contributed by atoms with Crippen molar-refractivity contribution in [1.82, 2.24) is 10.3 Å². The number of aryl methyl sites for hydroxylation is 1. The molecule has 0 radical (unpaired) electrons. The summed E-state index contributed by atoms with van der Waals surface area (Å²) in [6, 6.07) is 7.67. The van der Waals surface area contributed by atoms with E-state index in [9.17, 15) is 0 Å². The zero-order valence-electron chi connectivity index (χ0n) is 10.1. The van der Waals surface area contributed by atoms with E-state index in [1.54, 1.807) is 12.3 Å². The SMILES string of the molecule is Cc1ccncc1CNCc1cccc(Cl)c1Cl. The first-order valence-electron chi connectivity index (χ1n) is 5.71. The predicted octanol–water partition coefficient (Wildman–Crippen LogP) is 3.99. The average molecular weight is 281 g/mol. The quantitative estimate of drug-likeness (QED) is 0.916. The number of pyridine rings is 1. The fraction of sp³-hybridized carbons (Fsp3) is 0.214. The number of halogens is 2. The maximum Gasteiger partial charge on any atom is 0.0637 e. The van der Waals surface area contributed by atoms with Crippen molar-refractivity contribution in [1.29, 1.82) is 0 Å². The summed E-state index contributed by atoms with van der Waals surface area (Å²) >= 11 is 12.1. The second-order valence-corrected chi connectivity index (χ2v) is 4.90. The standard InChI is InChI=1S/C14H14Cl2N2/c1-10-5-6-17-8-12(10)9-18-7-11-3-2-4-13(15)14(11)16/h2-6,8,18H,7,9H2,1H3. The van der Waals surface area contributed by atoms with Crippen LogP contribution >= 0.6 is 23.2 Å². The van der Waals surface area contributed by atoms with Gasteiger partial charge in [0.05, 0.1) is 10.0 Å². The molecule has 0 spiro atoms. The van der Waals surface area contributed by atoms with Crippen molar-refractivity contribution in [2.45, 2.75) is 20.0 Å². The number of nitrogens with zero attached hydrogens (tertiary/aromatic N) is 1. The van der Waals surface area contributed by atoms with Gasteiger partial charge in [0.1, 0.15) is 0 Å². The van der Waals surface area contributed by atoms with E-state index in [-0.39, 0.29) is 0 Å². The Labute approximate surface area is 117 Å². The Morgan fingerprint density at radius 3 is 2.67 bits per heavy atom. The molecule has 1 heterocycles. The van der Waals surface area contributed by atoms with Gasteiger partial charge in [-0.3, -0.25) is 4.98 Å². The Morgan fingerprint density at radius 1 is 1.11 bits per heavy atom. The highest BCUT2D eigenvalue weighted by Gasteiger charge is 2.04. The van der Waals surface area contributed by atoms with Crippen LogP contribution in [0, 0.1) is 6.92 Å². The normalized spacial score (nSPS) is 10.6.